The van der Waals surface area contributed by atoms with Gasteiger partial charge in [-0.05, 0) is 50.1 Å². The lowest BCUT2D eigenvalue weighted by atomic mass is 10.0. The van der Waals surface area contributed by atoms with Gasteiger partial charge in [-0.25, -0.2) is 0 Å². The molecule has 3 aromatic carbocycles. The van der Waals surface area contributed by atoms with Crippen LogP contribution in [0.4, 0.5) is 11.4 Å². The number of hydrogen-bond donors (Lipinski definition) is 1. The quantitative estimate of drug-likeness (QED) is 0.112. The Hall–Kier alpha value is -4.23. The molecule has 1 aliphatic rings. The van der Waals surface area contributed by atoms with E-state index in [1.54, 1.807) is 0 Å². The molecule has 3 heterocycles. The van der Waals surface area contributed by atoms with E-state index in [0.717, 1.165) is 49.8 Å². The van der Waals surface area contributed by atoms with Gasteiger partial charge in [0.1, 0.15) is 20.3 Å². The van der Waals surface area contributed by atoms with Gasteiger partial charge in [0.15, 0.2) is 25.9 Å². The molecule has 0 radical (unpaired) electrons. The van der Waals surface area contributed by atoms with Crippen LogP contribution in [0.3, 0.4) is 0 Å². The molecule has 6 nitrogen and oxygen atoms in total. The first kappa shape index (κ1) is 34.6. The summed E-state index contributed by atoms with van der Waals surface area (Å²) in [5, 5.41) is 2.41. The second kappa shape index (κ2) is 16.4. The van der Waals surface area contributed by atoms with E-state index in [4.69, 9.17) is 4.74 Å². The van der Waals surface area contributed by atoms with Gasteiger partial charge in [0, 0.05) is 42.2 Å². The Morgan fingerprint density at radius 1 is 0.935 bits per heavy atom. The van der Waals surface area contributed by atoms with Crippen LogP contribution in [0.2, 0.25) is 0 Å². The van der Waals surface area contributed by atoms with E-state index in [-0.39, 0.29) is 0 Å². The van der Waals surface area contributed by atoms with Crippen LogP contribution in [-0.4, -0.2) is 53.0 Å². The van der Waals surface area contributed by atoms with Gasteiger partial charge in [0.2, 0.25) is 0 Å². The number of hydrogen-bond acceptors (Lipinski definition) is 4. The second-order valence-corrected chi connectivity index (χ2v) is 11.8. The molecule has 0 spiro atoms. The largest absolute Gasteiger partial charge is 0.438 e. The molecule has 0 saturated heterocycles. The molecular weight excluding hydrogens is 587 g/mol. The normalized spacial score (nSPS) is 12.8. The zero-order valence-electron chi connectivity index (χ0n) is 28.8. The van der Waals surface area contributed by atoms with Crippen molar-refractivity contribution in [2.45, 2.75) is 54.5 Å². The number of thiol groups is 1. The average molecular weight is 637 g/mol. The molecule has 0 aliphatic carbocycles. The van der Waals surface area contributed by atoms with Gasteiger partial charge in [-0.3, -0.25) is 4.98 Å². The number of rotatable bonds is 7. The minimum Gasteiger partial charge on any atom is -0.438 e. The maximum atomic E-state index is 5.94. The topological polar surface area (TPSA) is 35.3 Å². The zero-order chi connectivity index (χ0) is 33.2. The van der Waals surface area contributed by atoms with Gasteiger partial charge in [-0.1, -0.05) is 76.1 Å². The van der Waals surface area contributed by atoms with Crippen LogP contribution in [0.5, 0.6) is 0 Å². The number of pyridine rings is 2. The number of aromatic nitrogens is 2. The van der Waals surface area contributed by atoms with Crippen molar-refractivity contribution in [2.24, 2.45) is 7.05 Å². The smallest absolute Gasteiger partial charge is 0.370 e. The van der Waals surface area contributed by atoms with Gasteiger partial charge in [-0.2, -0.15) is 13.7 Å². The van der Waals surface area contributed by atoms with Crippen molar-refractivity contribution in [1.29, 1.82) is 0 Å². The first-order valence-corrected chi connectivity index (χ1v) is 16.8. The molecule has 2 aromatic heterocycles. The average Bonchev–Trinajstić information content (AvgIpc) is 3.51. The Bertz CT molecular complexity index is 1860. The predicted molar refractivity (Wildman–Crippen MR) is 197 cm³/mol. The number of likely N-dealkylation sites (N-methyl/N-ethyl adjacent to an activating group) is 1. The Labute approximate surface area is 280 Å². The van der Waals surface area contributed by atoms with Crippen molar-refractivity contribution in [3.05, 3.63) is 107 Å². The molecule has 5 aromatic rings. The third-order valence-corrected chi connectivity index (χ3v) is 8.57. The standard InChI is InChI=1S/C24H28N3O.C13H16N2S.C2H6/c1-5-27(22-18(2)12-13-19-10-8-14-25(3)23(19)22)17-20-9-6-7-11-21(20)24-26(4)15-16-28-24;1-3-9-15(16)13-10(2)6-7-11-5-4-8-14-12(11)13;1-2/h5-14H,15-17H2,1-4H3;4-8,16H,3,9H2,1-2H3;1-2H3/q+3;;. The van der Waals surface area contributed by atoms with Crippen LogP contribution in [0.15, 0.2) is 85.2 Å². The molecule has 0 bridgehead atoms. The summed E-state index contributed by atoms with van der Waals surface area (Å²) in [4.78, 5) is 4.45. The van der Waals surface area contributed by atoms with Crippen molar-refractivity contribution in [2.75, 3.05) is 31.0 Å². The highest BCUT2D eigenvalue weighted by Gasteiger charge is 2.29. The molecule has 46 heavy (non-hydrogen) atoms. The molecule has 0 saturated carbocycles. The van der Waals surface area contributed by atoms with Gasteiger partial charge in [-0.15, -0.1) is 0 Å². The van der Waals surface area contributed by atoms with Crippen molar-refractivity contribution in [3.63, 3.8) is 0 Å². The Balaban J connectivity index is 0.000000227. The fourth-order valence-corrected chi connectivity index (χ4v) is 6.37. The number of nitrogens with zero attached hydrogens (tertiary/aromatic N) is 5. The molecular formula is C39H50N5OS+3. The summed E-state index contributed by atoms with van der Waals surface area (Å²) in [7, 11) is 4.21. The highest BCUT2D eigenvalue weighted by Crippen LogP contribution is 2.30. The number of aryl methyl sites for hydroxylation is 3. The summed E-state index contributed by atoms with van der Waals surface area (Å²) in [6.07, 6.45) is 7.20. The maximum absolute atomic E-state index is 5.94. The van der Waals surface area contributed by atoms with E-state index in [9.17, 15) is 0 Å². The van der Waals surface area contributed by atoms with E-state index < -0.39 is 0 Å². The van der Waals surface area contributed by atoms with E-state index in [0.29, 0.717) is 0 Å². The zero-order valence-corrected chi connectivity index (χ0v) is 29.7. The Morgan fingerprint density at radius 2 is 1.65 bits per heavy atom. The van der Waals surface area contributed by atoms with Gasteiger partial charge >= 0.3 is 5.90 Å². The Kier molecular flexibility index (Phi) is 12.3. The van der Waals surface area contributed by atoms with Crippen molar-refractivity contribution in [1.82, 2.24) is 4.98 Å². The number of anilines is 1. The summed E-state index contributed by atoms with van der Waals surface area (Å²) < 4.78 is 14.7. The fraction of sp³-hybridized carbons (Fsp3) is 0.333. The van der Waals surface area contributed by atoms with Crippen LogP contribution in [-0.2, 0) is 18.3 Å². The highest BCUT2D eigenvalue weighted by atomic mass is 32.1. The summed E-state index contributed by atoms with van der Waals surface area (Å²) in [5.74, 6) is 0.979. The summed E-state index contributed by atoms with van der Waals surface area (Å²) >= 11 is 4.54. The molecule has 0 fully saturated rings. The van der Waals surface area contributed by atoms with E-state index in [1.807, 2.05) is 30.4 Å². The lowest BCUT2D eigenvalue weighted by molar-refractivity contribution is -0.647. The van der Waals surface area contributed by atoms with E-state index in [2.05, 4.69) is 152 Å². The molecule has 0 N–H and O–H groups in total. The minimum atomic E-state index is 0.752. The number of benzene rings is 3. The van der Waals surface area contributed by atoms with E-state index >= 15 is 0 Å². The Morgan fingerprint density at radius 3 is 2.37 bits per heavy atom. The van der Waals surface area contributed by atoms with E-state index in [1.165, 1.54) is 44.2 Å². The molecule has 0 amide bonds. The van der Waals surface area contributed by atoms with Gasteiger partial charge in [0.25, 0.3) is 11.2 Å². The third-order valence-electron chi connectivity index (χ3n) is 8.17. The fourth-order valence-electron chi connectivity index (χ4n) is 5.92. The summed E-state index contributed by atoms with van der Waals surface area (Å²) in [6.45, 7) is 16.0. The molecule has 0 atom stereocenters. The van der Waals surface area contributed by atoms with Crippen molar-refractivity contribution in [3.8, 4) is 0 Å². The number of ether oxygens (including phenoxy) is 1. The predicted octanol–water partition coefficient (Wildman–Crippen LogP) is 7.96. The van der Waals surface area contributed by atoms with Crippen LogP contribution in [0.1, 0.15) is 56.4 Å². The van der Waals surface area contributed by atoms with Crippen molar-refractivity contribution >= 4 is 58.1 Å². The molecule has 0 unspecified atom stereocenters. The van der Waals surface area contributed by atoms with Gasteiger partial charge < -0.3 is 9.04 Å². The summed E-state index contributed by atoms with van der Waals surface area (Å²) in [5.41, 5.74) is 9.59. The molecule has 7 heteroatoms. The summed E-state index contributed by atoms with van der Waals surface area (Å²) in [6, 6.07) is 25.5. The van der Waals surface area contributed by atoms with Crippen molar-refractivity contribution < 1.29 is 18.5 Å². The molecule has 1 aliphatic heterocycles. The number of fused-ring (bicyclic) bond motifs is 2. The van der Waals surface area contributed by atoms with Crippen LogP contribution < -0.4 is 8.87 Å². The van der Waals surface area contributed by atoms with Crippen LogP contribution >= 0.6 is 12.8 Å². The first-order valence-electron chi connectivity index (χ1n) is 16.4. The first-order chi connectivity index (χ1) is 22.3. The lowest BCUT2D eigenvalue weighted by Crippen LogP contribution is -2.29. The minimum absolute atomic E-state index is 0.752. The van der Waals surface area contributed by atoms with Gasteiger partial charge in [0.05, 0.1) is 22.2 Å². The monoisotopic (exact) mass is 636 g/mol. The lowest BCUT2D eigenvalue weighted by Gasteiger charge is -2.20. The molecule has 6 rings (SSSR count). The molecule has 240 valence electrons. The highest BCUT2D eigenvalue weighted by molar-refractivity contribution is 7.81. The maximum Gasteiger partial charge on any atom is 0.370 e. The second-order valence-electron chi connectivity index (χ2n) is 11.3. The SMILES string of the molecule is CC.CC=[N+](Cc1ccccc1C1=[N+](C)CCO1)c1c(C)ccc2ccc[n+](C)c12.CCCN(S)c1c(C)ccc2cccnc12. The van der Waals surface area contributed by atoms with Crippen LogP contribution in [0, 0.1) is 13.8 Å². The van der Waals surface area contributed by atoms with Crippen LogP contribution in [0.25, 0.3) is 21.8 Å². The third kappa shape index (κ3) is 7.59.